The molecular formula is C13H18ClN3O2. The summed E-state index contributed by atoms with van der Waals surface area (Å²) in [5.41, 5.74) is -0.314. The van der Waals surface area contributed by atoms with Crippen molar-refractivity contribution in [2.24, 2.45) is 5.92 Å². The van der Waals surface area contributed by atoms with E-state index in [9.17, 15) is 9.90 Å². The Kier molecular flexibility index (Phi) is 4.37. The van der Waals surface area contributed by atoms with Crippen molar-refractivity contribution >= 4 is 17.5 Å². The lowest BCUT2D eigenvalue weighted by molar-refractivity contribution is 0.0692. The summed E-state index contributed by atoms with van der Waals surface area (Å²) < 4.78 is 0. The van der Waals surface area contributed by atoms with E-state index in [4.69, 9.17) is 11.6 Å². The number of rotatable bonds is 3. The van der Waals surface area contributed by atoms with Crippen LogP contribution in [0.4, 0.5) is 0 Å². The maximum atomic E-state index is 12.1. The maximum absolute atomic E-state index is 12.1. The number of aliphatic hydroxyl groups excluding tert-OH is 1. The van der Waals surface area contributed by atoms with Gasteiger partial charge in [-0.05, 0) is 18.8 Å². The van der Waals surface area contributed by atoms with E-state index >= 15 is 0 Å². The highest BCUT2D eigenvalue weighted by Crippen LogP contribution is 2.32. The minimum Gasteiger partial charge on any atom is -0.394 e. The lowest BCUT2D eigenvalue weighted by Crippen LogP contribution is -2.54. The Balaban J connectivity index is 2.09. The Labute approximate surface area is 117 Å². The first-order valence-corrected chi connectivity index (χ1v) is 6.83. The van der Waals surface area contributed by atoms with Gasteiger partial charge in [0.25, 0.3) is 5.91 Å². The zero-order chi connectivity index (χ0) is 13.9. The van der Waals surface area contributed by atoms with Crippen molar-refractivity contribution in [2.45, 2.75) is 38.1 Å². The van der Waals surface area contributed by atoms with Crippen LogP contribution in [-0.4, -0.2) is 33.1 Å². The average Bonchev–Trinajstić information content (AvgIpc) is 2.39. The fourth-order valence-electron chi connectivity index (χ4n) is 2.69. The molecule has 1 amide bonds. The second-order valence-corrected chi connectivity index (χ2v) is 5.71. The Morgan fingerprint density at radius 3 is 2.95 bits per heavy atom. The van der Waals surface area contributed by atoms with E-state index in [1.54, 1.807) is 0 Å². The first-order chi connectivity index (χ1) is 9.04. The van der Waals surface area contributed by atoms with Crippen molar-refractivity contribution in [3.8, 4) is 0 Å². The van der Waals surface area contributed by atoms with Gasteiger partial charge in [-0.15, -0.1) is 0 Å². The third-order valence-electron chi connectivity index (χ3n) is 3.63. The molecule has 0 aliphatic heterocycles. The molecule has 2 unspecified atom stereocenters. The van der Waals surface area contributed by atoms with Crippen LogP contribution in [0.3, 0.4) is 0 Å². The molecule has 1 saturated carbocycles. The van der Waals surface area contributed by atoms with Crippen LogP contribution in [0.5, 0.6) is 0 Å². The molecule has 0 aromatic carbocycles. The monoisotopic (exact) mass is 283 g/mol. The zero-order valence-corrected chi connectivity index (χ0v) is 11.7. The van der Waals surface area contributed by atoms with E-state index in [-0.39, 0.29) is 23.4 Å². The van der Waals surface area contributed by atoms with E-state index in [2.05, 4.69) is 22.2 Å². The maximum Gasteiger partial charge on any atom is 0.271 e. The third kappa shape index (κ3) is 3.42. The molecule has 19 heavy (non-hydrogen) atoms. The highest BCUT2D eigenvalue weighted by molar-refractivity contribution is 6.29. The molecule has 2 atom stereocenters. The SMILES string of the molecule is CC1CCCC(CO)(NC(=O)c2cnc(Cl)cn2)C1. The predicted molar refractivity (Wildman–Crippen MR) is 72.0 cm³/mol. The van der Waals surface area contributed by atoms with E-state index in [1.807, 2.05) is 0 Å². The summed E-state index contributed by atoms with van der Waals surface area (Å²) >= 11 is 5.64. The van der Waals surface area contributed by atoms with Crippen molar-refractivity contribution in [1.29, 1.82) is 0 Å². The van der Waals surface area contributed by atoms with E-state index < -0.39 is 5.54 Å². The van der Waals surface area contributed by atoms with Gasteiger partial charge in [0.05, 0.1) is 24.5 Å². The van der Waals surface area contributed by atoms with Crippen LogP contribution in [0, 0.1) is 5.92 Å². The van der Waals surface area contributed by atoms with Crippen molar-refractivity contribution in [1.82, 2.24) is 15.3 Å². The van der Waals surface area contributed by atoms with Gasteiger partial charge in [0.15, 0.2) is 0 Å². The number of amides is 1. The standard InChI is InChI=1S/C13H18ClN3O2/c1-9-3-2-4-13(5-9,8-18)17-12(19)10-6-16-11(14)7-15-10/h6-7,9,18H,2-5,8H2,1H3,(H,17,19). The largest absolute Gasteiger partial charge is 0.394 e. The minimum atomic E-state index is -0.532. The molecule has 1 aliphatic carbocycles. The molecule has 0 radical (unpaired) electrons. The molecule has 1 aliphatic rings. The second kappa shape index (κ2) is 5.84. The number of nitrogens with zero attached hydrogens (tertiary/aromatic N) is 2. The van der Waals surface area contributed by atoms with Gasteiger partial charge in [-0.1, -0.05) is 31.4 Å². The molecule has 1 heterocycles. The summed E-state index contributed by atoms with van der Waals surface area (Å²) in [5.74, 6) is 0.185. The Morgan fingerprint density at radius 1 is 1.58 bits per heavy atom. The molecule has 2 N–H and O–H groups in total. The second-order valence-electron chi connectivity index (χ2n) is 5.32. The summed E-state index contributed by atoms with van der Waals surface area (Å²) in [7, 11) is 0. The van der Waals surface area contributed by atoms with Crippen molar-refractivity contribution in [3.63, 3.8) is 0 Å². The van der Waals surface area contributed by atoms with E-state index in [0.29, 0.717) is 5.92 Å². The normalized spacial score (nSPS) is 27.0. The number of nitrogens with one attached hydrogen (secondary N) is 1. The van der Waals surface area contributed by atoms with Crippen LogP contribution in [0.1, 0.15) is 43.1 Å². The fourth-order valence-corrected chi connectivity index (χ4v) is 2.79. The van der Waals surface area contributed by atoms with Crippen molar-refractivity contribution < 1.29 is 9.90 Å². The van der Waals surface area contributed by atoms with Crippen LogP contribution in [0.2, 0.25) is 5.15 Å². The summed E-state index contributed by atoms with van der Waals surface area (Å²) in [6.07, 6.45) is 6.41. The first-order valence-electron chi connectivity index (χ1n) is 6.45. The quantitative estimate of drug-likeness (QED) is 0.887. The van der Waals surface area contributed by atoms with Crippen LogP contribution in [0.15, 0.2) is 12.4 Å². The predicted octanol–water partition coefficient (Wildman–Crippen LogP) is 1.80. The topological polar surface area (TPSA) is 75.1 Å². The average molecular weight is 284 g/mol. The zero-order valence-electron chi connectivity index (χ0n) is 10.9. The number of carbonyl (C=O) groups is 1. The number of hydrogen-bond acceptors (Lipinski definition) is 4. The van der Waals surface area contributed by atoms with E-state index in [0.717, 1.165) is 25.7 Å². The Morgan fingerprint density at radius 2 is 2.37 bits per heavy atom. The smallest absolute Gasteiger partial charge is 0.271 e. The summed E-state index contributed by atoms with van der Waals surface area (Å²) in [5, 5.41) is 12.8. The molecule has 0 spiro atoms. The molecule has 0 saturated heterocycles. The number of aromatic nitrogens is 2. The van der Waals surface area contributed by atoms with Gasteiger partial charge in [-0.2, -0.15) is 0 Å². The van der Waals surface area contributed by atoms with Crippen molar-refractivity contribution in [3.05, 3.63) is 23.2 Å². The molecule has 104 valence electrons. The number of carbonyl (C=O) groups excluding carboxylic acids is 1. The van der Waals surface area contributed by atoms with Crippen LogP contribution in [-0.2, 0) is 0 Å². The molecule has 1 fully saturated rings. The van der Waals surface area contributed by atoms with Gasteiger partial charge in [-0.3, -0.25) is 4.79 Å². The van der Waals surface area contributed by atoms with Crippen molar-refractivity contribution in [2.75, 3.05) is 6.61 Å². The molecule has 1 aromatic heterocycles. The van der Waals surface area contributed by atoms with Gasteiger partial charge >= 0.3 is 0 Å². The van der Waals surface area contributed by atoms with Crippen LogP contribution in [0.25, 0.3) is 0 Å². The molecular weight excluding hydrogens is 266 g/mol. The van der Waals surface area contributed by atoms with Crippen LogP contribution < -0.4 is 5.32 Å². The minimum absolute atomic E-state index is 0.0515. The molecule has 6 heteroatoms. The number of aliphatic hydroxyl groups is 1. The number of hydrogen-bond donors (Lipinski definition) is 2. The number of halogens is 1. The van der Waals surface area contributed by atoms with Crippen LogP contribution >= 0.6 is 11.6 Å². The molecule has 2 rings (SSSR count). The fraction of sp³-hybridized carbons (Fsp3) is 0.615. The molecule has 5 nitrogen and oxygen atoms in total. The molecule has 1 aromatic rings. The third-order valence-corrected chi connectivity index (χ3v) is 3.82. The first kappa shape index (κ1) is 14.2. The lowest BCUT2D eigenvalue weighted by Gasteiger charge is -2.39. The summed E-state index contributed by atoms with van der Waals surface area (Å²) in [6, 6.07) is 0. The Hall–Kier alpha value is -1.20. The van der Waals surface area contributed by atoms with Gasteiger partial charge in [0.1, 0.15) is 10.8 Å². The van der Waals surface area contributed by atoms with E-state index in [1.165, 1.54) is 12.4 Å². The lowest BCUT2D eigenvalue weighted by atomic mass is 9.77. The molecule has 0 bridgehead atoms. The van der Waals surface area contributed by atoms with Gasteiger partial charge in [0, 0.05) is 0 Å². The van der Waals surface area contributed by atoms with Gasteiger partial charge in [0.2, 0.25) is 0 Å². The summed E-state index contributed by atoms with van der Waals surface area (Å²) in [4.78, 5) is 19.9. The Bertz CT molecular complexity index is 452. The van der Waals surface area contributed by atoms with Gasteiger partial charge < -0.3 is 10.4 Å². The van der Waals surface area contributed by atoms with Gasteiger partial charge in [-0.25, -0.2) is 9.97 Å². The highest BCUT2D eigenvalue weighted by atomic mass is 35.5. The summed E-state index contributed by atoms with van der Waals surface area (Å²) in [6.45, 7) is 2.09. The highest BCUT2D eigenvalue weighted by Gasteiger charge is 2.36.